The molecule has 0 radical (unpaired) electrons. The van der Waals surface area contributed by atoms with E-state index >= 15 is 0 Å². The zero-order valence-electron chi connectivity index (χ0n) is 12.3. The standard InChI is InChI=1S/C14H17ClN4O2S/c1-9(8-21-2)16-12(20)7-19-13(17-18-14(19)22)10-3-5-11(15)6-4-10/h3-6,9H,7-8H2,1-2H3,(H,16,20)(H,18,22)/t9-/m1/s1. The summed E-state index contributed by atoms with van der Waals surface area (Å²) >= 11 is 11.1. The van der Waals surface area contributed by atoms with Gasteiger partial charge in [-0.25, -0.2) is 0 Å². The van der Waals surface area contributed by atoms with Crippen molar-refractivity contribution in [2.24, 2.45) is 0 Å². The van der Waals surface area contributed by atoms with E-state index in [-0.39, 0.29) is 18.5 Å². The molecular weight excluding hydrogens is 324 g/mol. The van der Waals surface area contributed by atoms with Gasteiger partial charge in [0.05, 0.1) is 6.61 Å². The molecule has 0 fully saturated rings. The summed E-state index contributed by atoms with van der Waals surface area (Å²) in [6, 6.07) is 7.11. The van der Waals surface area contributed by atoms with Crippen LogP contribution in [0.15, 0.2) is 24.3 Å². The predicted octanol–water partition coefficient (Wildman–Crippen LogP) is 2.41. The van der Waals surface area contributed by atoms with Crippen molar-refractivity contribution in [3.8, 4) is 11.4 Å². The Labute approximate surface area is 138 Å². The fraction of sp³-hybridized carbons (Fsp3) is 0.357. The highest BCUT2D eigenvalue weighted by molar-refractivity contribution is 7.71. The molecule has 2 rings (SSSR count). The highest BCUT2D eigenvalue weighted by Crippen LogP contribution is 2.19. The maximum absolute atomic E-state index is 12.1. The second-order valence-electron chi connectivity index (χ2n) is 4.87. The SMILES string of the molecule is COC[C@@H](C)NC(=O)Cn1c(-c2ccc(Cl)cc2)n[nH]c1=S. The van der Waals surface area contributed by atoms with Gasteiger partial charge in [0, 0.05) is 23.7 Å². The second kappa shape index (κ2) is 7.53. The summed E-state index contributed by atoms with van der Waals surface area (Å²) in [6.45, 7) is 2.41. The van der Waals surface area contributed by atoms with Crippen LogP contribution in [0.4, 0.5) is 0 Å². The molecule has 0 saturated carbocycles. The number of ether oxygens (including phenoxy) is 1. The molecule has 1 amide bonds. The molecule has 8 heteroatoms. The number of hydrogen-bond donors (Lipinski definition) is 2. The Morgan fingerprint density at radius 1 is 1.50 bits per heavy atom. The number of aromatic amines is 1. The van der Waals surface area contributed by atoms with Gasteiger partial charge < -0.3 is 10.1 Å². The van der Waals surface area contributed by atoms with Crippen molar-refractivity contribution in [1.82, 2.24) is 20.1 Å². The van der Waals surface area contributed by atoms with Gasteiger partial charge in [0.25, 0.3) is 0 Å². The van der Waals surface area contributed by atoms with E-state index in [1.807, 2.05) is 19.1 Å². The van der Waals surface area contributed by atoms with Gasteiger partial charge in [-0.05, 0) is 43.4 Å². The Balaban J connectivity index is 2.18. The third kappa shape index (κ3) is 4.16. The molecular formula is C14H17ClN4O2S. The maximum Gasteiger partial charge on any atom is 0.240 e. The van der Waals surface area contributed by atoms with E-state index in [1.165, 1.54) is 0 Å². The Hall–Kier alpha value is -1.70. The molecule has 6 nitrogen and oxygen atoms in total. The number of rotatable bonds is 6. The minimum Gasteiger partial charge on any atom is -0.383 e. The predicted molar refractivity (Wildman–Crippen MR) is 87.3 cm³/mol. The number of benzene rings is 1. The monoisotopic (exact) mass is 340 g/mol. The summed E-state index contributed by atoms with van der Waals surface area (Å²) in [5.74, 6) is 0.438. The van der Waals surface area contributed by atoms with Crippen LogP contribution in [-0.4, -0.2) is 40.4 Å². The molecule has 0 unspecified atom stereocenters. The smallest absolute Gasteiger partial charge is 0.240 e. The number of H-pyrrole nitrogens is 1. The molecule has 0 saturated heterocycles. The number of nitrogens with one attached hydrogen (secondary N) is 2. The van der Waals surface area contributed by atoms with E-state index in [0.29, 0.717) is 22.2 Å². The molecule has 118 valence electrons. The van der Waals surface area contributed by atoms with Crippen LogP contribution in [0.2, 0.25) is 5.02 Å². The van der Waals surface area contributed by atoms with E-state index < -0.39 is 0 Å². The van der Waals surface area contributed by atoms with Gasteiger partial charge in [-0.15, -0.1) is 0 Å². The molecule has 22 heavy (non-hydrogen) atoms. The third-order valence-corrected chi connectivity index (χ3v) is 3.55. The number of nitrogens with zero attached hydrogens (tertiary/aromatic N) is 2. The summed E-state index contributed by atoms with van der Waals surface area (Å²) in [4.78, 5) is 12.1. The van der Waals surface area contributed by atoms with Crippen molar-refractivity contribution in [3.05, 3.63) is 34.1 Å². The molecule has 2 aromatic rings. The second-order valence-corrected chi connectivity index (χ2v) is 5.69. The fourth-order valence-electron chi connectivity index (χ4n) is 2.04. The first-order valence-electron chi connectivity index (χ1n) is 6.70. The van der Waals surface area contributed by atoms with Gasteiger partial charge in [0.2, 0.25) is 5.91 Å². The minimum absolute atomic E-state index is 0.0717. The number of aromatic nitrogens is 3. The number of amides is 1. The largest absolute Gasteiger partial charge is 0.383 e. The van der Waals surface area contributed by atoms with Crippen LogP contribution >= 0.6 is 23.8 Å². The topological polar surface area (TPSA) is 71.9 Å². The van der Waals surface area contributed by atoms with Crippen molar-refractivity contribution < 1.29 is 9.53 Å². The van der Waals surface area contributed by atoms with Crippen molar-refractivity contribution >= 4 is 29.7 Å². The first-order chi connectivity index (χ1) is 10.5. The zero-order valence-corrected chi connectivity index (χ0v) is 13.9. The average molecular weight is 341 g/mol. The van der Waals surface area contributed by atoms with E-state index in [4.69, 9.17) is 28.6 Å². The molecule has 0 spiro atoms. The Morgan fingerprint density at radius 3 is 2.82 bits per heavy atom. The van der Waals surface area contributed by atoms with Crippen molar-refractivity contribution in [3.63, 3.8) is 0 Å². The Bertz CT molecular complexity index is 696. The van der Waals surface area contributed by atoms with Crippen LogP contribution in [0.25, 0.3) is 11.4 Å². The van der Waals surface area contributed by atoms with Gasteiger partial charge in [-0.1, -0.05) is 11.6 Å². The molecule has 0 aliphatic carbocycles. The first kappa shape index (κ1) is 16.7. The molecule has 0 aliphatic heterocycles. The quantitative estimate of drug-likeness (QED) is 0.792. The normalized spacial score (nSPS) is 12.1. The van der Waals surface area contributed by atoms with Crippen LogP contribution in [-0.2, 0) is 16.1 Å². The molecule has 2 N–H and O–H groups in total. The highest BCUT2D eigenvalue weighted by Gasteiger charge is 2.13. The van der Waals surface area contributed by atoms with Gasteiger partial charge in [-0.3, -0.25) is 14.5 Å². The van der Waals surface area contributed by atoms with Crippen LogP contribution < -0.4 is 5.32 Å². The lowest BCUT2D eigenvalue weighted by molar-refractivity contribution is -0.122. The number of halogens is 1. The minimum atomic E-state index is -0.155. The fourth-order valence-corrected chi connectivity index (χ4v) is 2.36. The van der Waals surface area contributed by atoms with Gasteiger partial charge in [-0.2, -0.15) is 5.10 Å². The summed E-state index contributed by atoms with van der Waals surface area (Å²) in [6.07, 6.45) is 0. The van der Waals surface area contributed by atoms with Gasteiger partial charge >= 0.3 is 0 Å². The Morgan fingerprint density at radius 2 is 2.18 bits per heavy atom. The van der Waals surface area contributed by atoms with Gasteiger partial charge in [0.1, 0.15) is 6.54 Å². The number of hydrogen-bond acceptors (Lipinski definition) is 4. The van der Waals surface area contributed by atoms with E-state index in [2.05, 4.69) is 15.5 Å². The molecule has 1 aromatic carbocycles. The summed E-state index contributed by atoms with van der Waals surface area (Å²) in [5.41, 5.74) is 0.828. The van der Waals surface area contributed by atoms with Crippen LogP contribution in [0, 0.1) is 4.77 Å². The molecule has 0 aliphatic rings. The van der Waals surface area contributed by atoms with E-state index in [1.54, 1.807) is 23.8 Å². The summed E-state index contributed by atoms with van der Waals surface area (Å²) in [7, 11) is 1.59. The number of methoxy groups -OCH3 is 1. The van der Waals surface area contributed by atoms with Crippen molar-refractivity contribution in [2.45, 2.75) is 19.5 Å². The molecule has 0 bridgehead atoms. The van der Waals surface area contributed by atoms with E-state index in [0.717, 1.165) is 5.56 Å². The highest BCUT2D eigenvalue weighted by atomic mass is 35.5. The van der Waals surface area contributed by atoms with Gasteiger partial charge in [0.15, 0.2) is 10.6 Å². The van der Waals surface area contributed by atoms with Crippen molar-refractivity contribution in [2.75, 3.05) is 13.7 Å². The Kier molecular flexibility index (Phi) is 5.70. The van der Waals surface area contributed by atoms with Crippen LogP contribution in [0.1, 0.15) is 6.92 Å². The average Bonchev–Trinajstić information content (AvgIpc) is 2.81. The first-order valence-corrected chi connectivity index (χ1v) is 7.49. The third-order valence-electron chi connectivity index (χ3n) is 2.99. The molecule has 1 heterocycles. The molecule has 1 aromatic heterocycles. The lowest BCUT2D eigenvalue weighted by atomic mass is 10.2. The number of carbonyl (C=O) groups is 1. The lowest BCUT2D eigenvalue weighted by Gasteiger charge is -2.13. The van der Waals surface area contributed by atoms with E-state index in [9.17, 15) is 4.79 Å². The lowest BCUT2D eigenvalue weighted by Crippen LogP contribution is -2.37. The van der Waals surface area contributed by atoms with Crippen LogP contribution in [0.3, 0.4) is 0 Å². The maximum atomic E-state index is 12.1. The number of carbonyl (C=O) groups excluding carboxylic acids is 1. The summed E-state index contributed by atoms with van der Waals surface area (Å²) in [5, 5.41) is 10.4. The molecule has 1 atom stereocenters. The van der Waals surface area contributed by atoms with Crippen LogP contribution in [0.5, 0.6) is 0 Å². The summed E-state index contributed by atoms with van der Waals surface area (Å²) < 4.78 is 7.03. The zero-order chi connectivity index (χ0) is 16.1. The van der Waals surface area contributed by atoms with Crippen molar-refractivity contribution in [1.29, 1.82) is 0 Å².